The van der Waals surface area contributed by atoms with Crippen molar-refractivity contribution < 1.29 is 4.79 Å². The number of anilines is 1. The van der Waals surface area contributed by atoms with Crippen LogP contribution in [0, 0.1) is 20.8 Å². The lowest BCUT2D eigenvalue weighted by molar-refractivity contribution is -0.113. The van der Waals surface area contributed by atoms with Crippen LogP contribution in [0.3, 0.4) is 0 Å². The Morgan fingerprint density at radius 1 is 1.19 bits per heavy atom. The summed E-state index contributed by atoms with van der Waals surface area (Å²) in [5.74, 6) is 0.0435. The topological polar surface area (TPSA) is 72.7 Å². The third-order valence-corrected chi connectivity index (χ3v) is 5.36. The van der Waals surface area contributed by atoms with Gasteiger partial charge in [0.1, 0.15) is 0 Å². The Bertz CT molecular complexity index is 957. The van der Waals surface area contributed by atoms with Crippen molar-refractivity contribution in [1.29, 1.82) is 0 Å². The fourth-order valence-electron chi connectivity index (χ4n) is 2.38. The molecule has 1 amide bonds. The SMILES string of the molecule is Cc1ccc(NC(=O)CSc2nnnn2-c2cccc(C)c2C)cc1Cl. The first-order valence-electron chi connectivity index (χ1n) is 7.99. The van der Waals surface area contributed by atoms with Crippen molar-refractivity contribution in [2.75, 3.05) is 11.1 Å². The number of benzene rings is 2. The minimum absolute atomic E-state index is 0.148. The number of thioether (sulfide) groups is 1. The molecule has 0 aliphatic carbocycles. The third-order valence-electron chi connectivity index (χ3n) is 4.03. The molecule has 0 atom stereocenters. The number of nitrogens with zero attached hydrogens (tertiary/aromatic N) is 4. The zero-order chi connectivity index (χ0) is 18.7. The summed E-state index contributed by atoms with van der Waals surface area (Å²) < 4.78 is 1.66. The number of aromatic nitrogens is 4. The van der Waals surface area contributed by atoms with E-state index in [-0.39, 0.29) is 11.7 Å². The molecule has 0 spiro atoms. The van der Waals surface area contributed by atoms with Crippen LogP contribution in [-0.2, 0) is 4.79 Å². The summed E-state index contributed by atoms with van der Waals surface area (Å²) in [4.78, 5) is 12.2. The molecule has 3 rings (SSSR count). The lowest BCUT2D eigenvalue weighted by Crippen LogP contribution is -2.14. The summed E-state index contributed by atoms with van der Waals surface area (Å²) in [5.41, 5.74) is 4.79. The smallest absolute Gasteiger partial charge is 0.234 e. The first-order chi connectivity index (χ1) is 12.5. The summed E-state index contributed by atoms with van der Waals surface area (Å²) in [6, 6.07) is 11.4. The van der Waals surface area contributed by atoms with Gasteiger partial charge in [-0.2, -0.15) is 4.68 Å². The molecule has 0 fully saturated rings. The average molecular weight is 388 g/mol. The molecule has 3 aromatic rings. The van der Waals surface area contributed by atoms with E-state index >= 15 is 0 Å². The van der Waals surface area contributed by atoms with E-state index in [2.05, 4.69) is 20.8 Å². The number of halogens is 1. The molecule has 2 aromatic carbocycles. The van der Waals surface area contributed by atoms with Crippen molar-refractivity contribution in [3.63, 3.8) is 0 Å². The molecule has 1 N–H and O–H groups in total. The Morgan fingerprint density at radius 3 is 2.77 bits per heavy atom. The average Bonchev–Trinajstić information content (AvgIpc) is 3.07. The van der Waals surface area contributed by atoms with Gasteiger partial charge < -0.3 is 5.32 Å². The minimum Gasteiger partial charge on any atom is -0.325 e. The number of carbonyl (C=O) groups excluding carboxylic acids is 1. The van der Waals surface area contributed by atoms with Gasteiger partial charge in [-0.15, -0.1) is 5.10 Å². The fraction of sp³-hybridized carbons (Fsp3) is 0.222. The van der Waals surface area contributed by atoms with Crippen LogP contribution < -0.4 is 5.32 Å². The van der Waals surface area contributed by atoms with Crippen LogP contribution in [0.2, 0.25) is 5.02 Å². The molecule has 1 aromatic heterocycles. The lowest BCUT2D eigenvalue weighted by atomic mass is 10.1. The van der Waals surface area contributed by atoms with E-state index in [1.165, 1.54) is 11.8 Å². The number of tetrazole rings is 1. The maximum atomic E-state index is 12.2. The van der Waals surface area contributed by atoms with E-state index < -0.39 is 0 Å². The highest BCUT2D eigenvalue weighted by molar-refractivity contribution is 7.99. The van der Waals surface area contributed by atoms with E-state index in [1.54, 1.807) is 10.7 Å². The van der Waals surface area contributed by atoms with E-state index in [1.807, 2.05) is 51.1 Å². The molecular weight excluding hydrogens is 370 g/mol. The molecule has 0 aliphatic rings. The summed E-state index contributed by atoms with van der Waals surface area (Å²) in [6.07, 6.45) is 0. The van der Waals surface area contributed by atoms with Crippen LogP contribution in [0.25, 0.3) is 5.69 Å². The molecule has 6 nitrogen and oxygen atoms in total. The lowest BCUT2D eigenvalue weighted by Gasteiger charge is -2.10. The molecule has 134 valence electrons. The van der Waals surface area contributed by atoms with Gasteiger partial charge in [0.05, 0.1) is 11.4 Å². The molecule has 0 saturated carbocycles. The van der Waals surface area contributed by atoms with Gasteiger partial charge in [0, 0.05) is 10.7 Å². The molecule has 1 heterocycles. The molecule has 8 heteroatoms. The first-order valence-corrected chi connectivity index (χ1v) is 9.36. The fourth-order valence-corrected chi connectivity index (χ4v) is 3.25. The van der Waals surface area contributed by atoms with Crippen molar-refractivity contribution in [2.45, 2.75) is 25.9 Å². The Kier molecular flexibility index (Phi) is 5.58. The number of rotatable bonds is 5. The number of nitrogens with one attached hydrogen (secondary N) is 1. The van der Waals surface area contributed by atoms with Gasteiger partial charge in [-0.05, 0) is 66.1 Å². The van der Waals surface area contributed by atoms with Crippen LogP contribution in [-0.4, -0.2) is 31.9 Å². The molecule has 26 heavy (non-hydrogen) atoms. The van der Waals surface area contributed by atoms with Gasteiger partial charge in [-0.25, -0.2) is 0 Å². The zero-order valence-corrected chi connectivity index (χ0v) is 16.2. The highest BCUT2D eigenvalue weighted by Crippen LogP contribution is 2.23. The molecule has 0 aliphatic heterocycles. The van der Waals surface area contributed by atoms with Crippen LogP contribution in [0.15, 0.2) is 41.6 Å². The maximum Gasteiger partial charge on any atom is 0.234 e. The number of aryl methyl sites for hydroxylation is 2. The van der Waals surface area contributed by atoms with Gasteiger partial charge >= 0.3 is 0 Å². The first kappa shape index (κ1) is 18.4. The van der Waals surface area contributed by atoms with Crippen LogP contribution in [0.4, 0.5) is 5.69 Å². The number of amides is 1. The number of hydrogen-bond acceptors (Lipinski definition) is 5. The van der Waals surface area contributed by atoms with E-state index in [4.69, 9.17) is 11.6 Å². The van der Waals surface area contributed by atoms with Crippen molar-refractivity contribution in [3.8, 4) is 5.69 Å². The molecule has 0 unspecified atom stereocenters. The minimum atomic E-state index is -0.148. The highest BCUT2D eigenvalue weighted by atomic mass is 35.5. The summed E-state index contributed by atoms with van der Waals surface area (Å²) >= 11 is 7.37. The van der Waals surface area contributed by atoms with Gasteiger partial charge in [0.2, 0.25) is 11.1 Å². The quantitative estimate of drug-likeness (QED) is 0.670. The number of carbonyl (C=O) groups is 1. The third kappa shape index (κ3) is 4.05. The second kappa shape index (κ2) is 7.88. The van der Waals surface area contributed by atoms with Crippen molar-refractivity contribution in [1.82, 2.24) is 20.2 Å². The summed E-state index contributed by atoms with van der Waals surface area (Å²) in [7, 11) is 0. The van der Waals surface area contributed by atoms with Crippen LogP contribution in [0.5, 0.6) is 0 Å². The number of hydrogen-bond donors (Lipinski definition) is 1. The molecule has 0 saturated heterocycles. The normalized spacial score (nSPS) is 10.8. The molecule has 0 bridgehead atoms. The summed E-state index contributed by atoms with van der Waals surface area (Å²) in [6.45, 7) is 5.97. The predicted molar refractivity (Wildman–Crippen MR) is 104 cm³/mol. The second-order valence-corrected chi connectivity index (χ2v) is 7.24. The van der Waals surface area contributed by atoms with Crippen molar-refractivity contribution >= 4 is 35.0 Å². The maximum absolute atomic E-state index is 12.2. The standard InChI is InChI=1S/C18H18ClN5OS/c1-11-5-4-6-16(13(11)3)24-18(21-22-23-24)26-10-17(25)20-14-8-7-12(2)15(19)9-14/h4-9H,10H2,1-3H3,(H,20,25). The van der Waals surface area contributed by atoms with Crippen molar-refractivity contribution in [2.24, 2.45) is 0 Å². The van der Waals surface area contributed by atoms with Crippen LogP contribution in [0.1, 0.15) is 16.7 Å². The Balaban J connectivity index is 1.69. The zero-order valence-electron chi connectivity index (χ0n) is 14.7. The molecule has 0 radical (unpaired) electrons. The Morgan fingerprint density at radius 2 is 2.00 bits per heavy atom. The van der Waals surface area contributed by atoms with E-state index in [9.17, 15) is 4.79 Å². The van der Waals surface area contributed by atoms with Crippen LogP contribution >= 0.6 is 23.4 Å². The van der Waals surface area contributed by atoms with E-state index in [0.29, 0.717) is 15.9 Å². The van der Waals surface area contributed by atoms with Gasteiger partial charge in [0.15, 0.2) is 0 Å². The predicted octanol–water partition coefficient (Wildman–Crippen LogP) is 3.97. The monoisotopic (exact) mass is 387 g/mol. The molecular formula is C18H18ClN5OS. The highest BCUT2D eigenvalue weighted by Gasteiger charge is 2.14. The Labute approximate surface area is 160 Å². The second-order valence-electron chi connectivity index (χ2n) is 5.89. The van der Waals surface area contributed by atoms with Gasteiger partial charge in [0.25, 0.3) is 0 Å². The largest absolute Gasteiger partial charge is 0.325 e. The van der Waals surface area contributed by atoms with Gasteiger partial charge in [-0.3, -0.25) is 4.79 Å². The van der Waals surface area contributed by atoms with E-state index in [0.717, 1.165) is 22.4 Å². The summed E-state index contributed by atoms with van der Waals surface area (Å²) in [5, 5.41) is 15.8. The van der Waals surface area contributed by atoms with Gasteiger partial charge in [-0.1, -0.05) is 41.6 Å². The van der Waals surface area contributed by atoms with Crippen molar-refractivity contribution in [3.05, 3.63) is 58.1 Å². The Hall–Kier alpha value is -2.38.